The van der Waals surface area contributed by atoms with Crippen molar-refractivity contribution in [2.75, 3.05) is 41.3 Å². The average Bonchev–Trinajstić information content (AvgIpc) is 3.08. The SMILES string of the molecule is CCCC(=O)Nc1c(O)c(F)c(N2CCN(c3ccc(B4OC(C)(C)C(C)(C)O4)cc3)CC2)c(F)c1F. The molecule has 0 unspecified atom stereocenters. The molecule has 2 aliphatic rings. The number of hydrogen-bond acceptors (Lipinski definition) is 6. The lowest BCUT2D eigenvalue weighted by Gasteiger charge is -2.37. The van der Waals surface area contributed by atoms with E-state index < -0.39 is 58.8 Å². The lowest BCUT2D eigenvalue weighted by Crippen LogP contribution is -2.47. The molecule has 0 aliphatic carbocycles. The summed E-state index contributed by atoms with van der Waals surface area (Å²) < 4.78 is 56.7. The third-order valence-corrected chi connectivity index (χ3v) is 7.39. The van der Waals surface area contributed by atoms with Crippen LogP contribution in [0, 0.1) is 17.5 Å². The van der Waals surface area contributed by atoms with Crippen LogP contribution in [0.25, 0.3) is 0 Å². The van der Waals surface area contributed by atoms with Gasteiger partial charge >= 0.3 is 7.12 Å². The van der Waals surface area contributed by atoms with Crippen LogP contribution in [0.15, 0.2) is 24.3 Å². The predicted octanol–water partition coefficient (Wildman–Crippen LogP) is 4.17. The van der Waals surface area contributed by atoms with Crippen molar-refractivity contribution >= 4 is 35.6 Å². The minimum absolute atomic E-state index is 0.0312. The molecule has 0 aromatic heterocycles. The van der Waals surface area contributed by atoms with E-state index in [9.17, 15) is 23.1 Å². The molecule has 0 spiro atoms. The lowest BCUT2D eigenvalue weighted by atomic mass is 9.79. The summed E-state index contributed by atoms with van der Waals surface area (Å²) in [4.78, 5) is 15.2. The molecular weight excluding hydrogens is 486 g/mol. The van der Waals surface area contributed by atoms with Crippen molar-refractivity contribution in [1.29, 1.82) is 0 Å². The van der Waals surface area contributed by atoms with E-state index in [1.165, 1.54) is 4.90 Å². The third-order valence-electron chi connectivity index (χ3n) is 7.39. The van der Waals surface area contributed by atoms with Gasteiger partial charge in [0.2, 0.25) is 5.91 Å². The van der Waals surface area contributed by atoms with Gasteiger partial charge < -0.3 is 29.5 Å². The highest BCUT2D eigenvalue weighted by molar-refractivity contribution is 6.62. The van der Waals surface area contributed by atoms with E-state index >= 15 is 0 Å². The Morgan fingerprint density at radius 1 is 0.946 bits per heavy atom. The minimum atomic E-state index is -1.49. The van der Waals surface area contributed by atoms with Gasteiger partial charge in [0.05, 0.1) is 11.2 Å². The summed E-state index contributed by atoms with van der Waals surface area (Å²) in [5.41, 5.74) is -0.585. The summed E-state index contributed by atoms with van der Waals surface area (Å²) in [6.45, 7) is 11.0. The number of carbonyl (C=O) groups excluding carboxylic acids is 1. The van der Waals surface area contributed by atoms with Gasteiger partial charge in [-0.05, 0) is 51.7 Å². The number of phenols is 1. The van der Waals surface area contributed by atoms with E-state index in [1.807, 2.05) is 52.0 Å². The maximum Gasteiger partial charge on any atom is 0.494 e. The van der Waals surface area contributed by atoms with Gasteiger partial charge in [-0.3, -0.25) is 4.79 Å². The van der Waals surface area contributed by atoms with E-state index in [2.05, 4.69) is 10.2 Å². The molecule has 2 aromatic rings. The summed E-state index contributed by atoms with van der Waals surface area (Å²) in [5.74, 6) is -5.98. The summed E-state index contributed by atoms with van der Waals surface area (Å²) in [6.07, 6.45) is 0.492. The van der Waals surface area contributed by atoms with Gasteiger partial charge in [-0.2, -0.15) is 0 Å². The molecule has 0 bridgehead atoms. The van der Waals surface area contributed by atoms with E-state index in [4.69, 9.17) is 9.31 Å². The van der Waals surface area contributed by atoms with Gasteiger partial charge in [-0.1, -0.05) is 19.1 Å². The number of nitrogens with one attached hydrogen (secondary N) is 1. The second-order valence-corrected chi connectivity index (χ2v) is 10.5. The van der Waals surface area contributed by atoms with E-state index in [0.717, 1.165) is 11.2 Å². The number of aromatic hydroxyl groups is 1. The molecule has 0 atom stereocenters. The van der Waals surface area contributed by atoms with Gasteiger partial charge in [-0.15, -0.1) is 0 Å². The lowest BCUT2D eigenvalue weighted by molar-refractivity contribution is -0.116. The van der Waals surface area contributed by atoms with Crippen LogP contribution < -0.4 is 20.6 Å². The number of amides is 1. The summed E-state index contributed by atoms with van der Waals surface area (Å²) in [7, 11) is -0.473. The van der Waals surface area contributed by atoms with Crippen LogP contribution in [-0.4, -0.2) is 55.5 Å². The normalized spacial score (nSPS) is 18.9. The molecule has 0 radical (unpaired) electrons. The largest absolute Gasteiger partial charge is 0.503 e. The van der Waals surface area contributed by atoms with E-state index in [1.54, 1.807) is 6.92 Å². The Labute approximate surface area is 215 Å². The van der Waals surface area contributed by atoms with Gasteiger partial charge in [-0.25, -0.2) is 13.2 Å². The Balaban J connectivity index is 1.45. The van der Waals surface area contributed by atoms with Gasteiger partial charge in [0.15, 0.2) is 23.2 Å². The van der Waals surface area contributed by atoms with Crippen LogP contribution in [0.3, 0.4) is 0 Å². The maximum absolute atomic E-state index is 15.0. The molecule has 2 fully saturated rings. The molecule has 2 aromatic carbocycles. The zero-order valence-corrected chi connectivity index (χ0v) is 21.8. The van der Waals surface area contributed by atoms with E-state index in [0.29, 0.717) is 19.5 Å². The van der Waals surface area contributed by atoms with Crippen LogP contribution >= 0.6 is 0 Å². The number of phenolic OH excluding ortho intramolecular Hbond substituents is 1. The Kier molecular flexibility index (Phi) is 7.40. The molecule has 2 aliphatic heterocycles. The standard InChI is InChI=1S/C26H33BF3N3O4/c1-6-7-18(34)31-22-19(28)20(29)23(21(30)24(22)35)33-14-12-32(13-15-33)17-10-8-16(9-11-17)27-36-25(2,3)26(4,5)37-27/h8-11,35H,6-7,12-15H2,1-5H3,(H,31,34). The zero-order chi connectivity index (χ0) is 27.1. The molecule has 0 saturated carbocycles. The van der Waals surface area contributed by atoms with Gasteiger partial charge in [0.25, 0.3) is 0 Å². The summed E-state index contributed by atoms with van der Waals surface area (Å²) in [6, 6.07) is 7.75. The molecule has 37 heavy (non-hydrogen) atoms. The molecule has 200 valence electrons. The van der Waals surface area contributed by atoms with Crippen molar-refractivity contribution in [1.82, 2.24) is 0 Å². The second-order valence-electron chi connectivity index (χ2n) is 10.5. The molecule has 2 heterocycles. The first-order valence-electron chi connectivity index (χ1n) is 12.5. The molecule has 11 heteroatoms. The highest BCUT2D eigenvalue weighted by Crippen LogP contribution is 2.40. The van der Waals surface area contributed by atoms with Crippen LogP contribution in [0.2, 0.25) is 0 Å². The van der Waals surface area contributed by atoms with E-state index in [-0.39, 0.29) is 19.5 Å². The minimum Gasteiger partial charge on any atom is -0.503 e. The number of benzene rings is 2. The van der Waals surface area contributed by atoms with Crippen molar-refractivity contribution in [3.63, 3.8) is 0 Å². The highest BCUT2D eigenvalue weighted by Gasteiger charge is 2.51. The fourth-order valence-corrected chi connectivity index (χ4v) is 4.47. The monoisotopic (exact) mass is 519 g/mol. The first-order valence-corrected chi connectivity index (χ1v) is 12.5. The third kappa shape index (κ3) is 5.11. The first-order chi connectivity index (χ1) is 17.4. The molecular formula is C26H33BF3N3O4. The topological polar surface area (TPSA) is 74.3 Å². The van der Waals surface area contributed by atoms with Crippen LogP contribution in [-0.2, 0) is 14.1 Å². The number of nitrogens with zero attached hydrogens (tertiary/aromatic N) is 2. The quantitative estimate of drug-likeness (QED) is 0.339. The number of rotatable bonds is 6. The van der Waals surface area contributed by atoms with Crippen molar-refractivity contribution < 1.29 is 32.4 Å². The van der Waals surface area contributed by atoms with Gasteiger partial charge in [0.1, 0.15) is 11.4 Å². The zero-order valence-electron chi connectivity index (χ0n) is 21.8. The van der Waals surface area contributed by atoms with Crippen LogP contribution in [0.1, 0.15) is 47.5 Å². The number of hydrogen-bond donors (Lipinski definition) is 2. The fourth-order valence-electron chi connectivity index (χ4n) is 4.47. The number of piperazine rings is 1. The first kappa shape index (κ1) is 27.1. The Morgan fingerprint density at radius 2 is 1.49 bits per heavy atom. The number of anilines is 3. The van der Waals surface area contributed by atoms with Crippen molar-refractivity contribution in [2.24, 2.45) is 0 Å². The molecule has 4 rings (SSSR count). The smallest absolute Gasteiger partial charge is 0.494 e. The summed E-state index contributed by atoms with van der Waals surface area (Å²) in [5, 5.41) is 12.3. The number of halogens is 3. The second kappa shape index (κ2) is 10.1. The summed E-state index contributed by atoms with van der Waals surface area (Å²) >= 11 is 0. The number of carbonyl (C=O) groups is 1. The van der Waals surface area contributed by atoms with Crippen molar-refractivity contribution in [3.05, 3.63) is 41.7 Å². The Bertz CT molecular complexity index is 1120. The van der Waals surface area contributed by atoms with Crippen LogP contribution in [0.5, 0.6) is 5.75 Å². The van der Waals surface area contributed by atoms with Gasteiger partial charge in [0, 0.05) is 38.3 Å². The van der Waals surface area contributed by atoms with Crippen molar-refractivity contribution in [3.8, 4) is 5.75 Å². The molecule has 2 saturated heterocycles. The average molecular weight is 519 g/mol. The molecule has 7 nitrogen and oxygen atoms in total. The Hall–Kier alpha value is -2.92. The molecule has 2 N–H and O–H groups in total. The van der Waals surface area contributed by atoms with Crippen LogP contribution in [0.4, 0.5) is 30.2 Å². The highest BCUT2D eigenvalue weighted by atomic mass is 19.2. The molecule has 1 amide bonds. The fraction of sp³-hybridized carbons (Fsp3) is 0.500. The van der Waals surface area contributed by atoms with Crippen molar-refractivity contribution in [2.45, 2.75) is 58.7 Å². The maximum atomic E-state index is 15.0. The Morgan fingerprint density at radius 3 is 2.03 bits per heavy atom. The predicted molar refractivity (Wildman–Crippen MR) is 138 cm³/mol.